The van der Waals surface area contributed by atoms with Crippen molar-refractivity contribution in [2.24, 2.45) is 0 Å². The van der Waals surface area contributed by atoms with Gasteiger partial charge in [-0.05, 0) is 71.5 Å². The van der Waals surface area contributed by atoms with E-state index >= 15 is 0 Å². The van der Waals surface area contributed by atoms with E-state index in [0.29, 0.717) is 19.2 Å². The van der Waals surface area contributed by atoms with Gasteiger partial charge in [0.05, 0.1) is 16.8 Å². The Morgan fingerprint density at radius 3 is 2.68 bits per heavy atom. The third-order valence-electron chi connectivity index (χ3n) is 7.15. The number of nitrogens with one attached hydrogen (secondary N) is 1. The van der Waals surface area contributed by atoms with Crippen LogP contribution in [0.5, 0.6) is 6.01 Å². The Morgan fingerprint density at radius 2 is 1.89 bits per heavy atom. The van der Waals surface area contributed by atoms with E-state index in [0.717, 1.165) is 50.4 Å². The minimum absolute atomic E-state index is 0.201. The molecule has 0 bridgehead atoms. The summed E-state index contributed by atoms with van der Waals surface area (Å²) in [7, 11) is 0. The van der Waals surface area contributed by atoms with Crippen LogP contribution >= 0.6 is 0 Å². The minimum atomic E-state index is -0.656. The van der Waals surface area contributed by atoms with Crippen molar-refractivity contribution in [2.45, 2.75) is 69.6 Å². The molecule has 28 heavy (non-hydrogen) atoms. The lowest BCUT2D eigenvalue weighted by Gasteiger charge is -2.39. The molecule has 1 aromatic rings. The van der Waals surface area contributed by atoms with Gasteiger partial charge in [0.25, 0.3) is 0 Å². The van der Waals surface area contributed by atoms with E-state index in [1.807, 2.05) is 6.92 Å². The Labute approximate surface area is 167 Å². The zero-order valence-electron chi connectivity index (χ0n) is 17.0. The molecule has 0 saturated carbocycles. The molecule has 5 heterocycles. The van der Waals surface area contributed by atoms with Crippen molar-refractivity contribution in [1.29, 1.82) is 0 Å². The van der Waals surface area contributed by atoms with Crippen LogP contribution in [-0.4, -0.2) is 70.4 Å². The number of anilines is 1. The van der Waals surface area contributed by atoms with Crippen molar-refractivity contribution in [3.8, 4) is 6.01 Å². The summed E-state index contributed by atoms with van der Waals surface area (Å²) < 4.78 is 6.26. The van der Waals surface area contributed by atoms with Crippen molar-refractivity contribution < 1.29 is 9.84 Å². The molecule has 0 spiro atoms. The van der Waals surface area contributed by atoms with Gasteiger partial charge in [0.2, 0.25) is 0 Å². The number of nitrogens with zero attached hydrogens (tertiary/aromatic N) is 4. The lowest BCUT2D eigenvalue weighted by molar-refractivity contribution is 0.0445. The van der Waals surface area contributed by atoms with E-state index in [-0.39, 0.29) is 5.54 Å². The molecule has 1 atom stereocenters. The number of aromatic nitrogens is 2. The fraction of sp³-hybridized carbons (Fsp3) is 0.810. The SMILES string of the molecule is C[C@@]1(O)CCCN(c2nc(OCC34CCCN3CCC4)nc3c2CCNC3)C1. The number of rotatable bonds is 4. The second-order valence-electron chi connectivity index (χ2n) is 9.41. The first-order valence-electron chi connectivity index (χ1n) is 11.0. The van der Waals surface area contributed by atoms with E-state index in [1.54, 1.807) is 0 Å². The molecule has 154 valence electrons. The van der Waals surface area contributed by atoms with Crippen LogP contribution in [0, 0.1) is 0 Å². The Hall–Kier alpha value is -1.44. The normalized spacial score (nSPS) is 29.6. The van der Waals surface area contributed by atoms with E-state index in [2.05, 4.69) is 15.1 Å². The molecule has 2 N–H and O–H groups in total. The van der Waals surface area contributed by atoms with Crippen molar-refractivity contribution in [2.75, 3.05) is 44.2 Å². The van der Waals surface area contributed by atoms with Gasteiger partial charge >= 0.3 is 6.01 Å². The van der Waals surface area contributed by atoms with Crippen LogP contribution in [0.1, 0.15) is 56.7 Å². The first-order chi connectivity index (χ1) is 13.5. The maximum atomic E-state index is 10.6. The van der Waals surface area contributed by atoms with Gasteiger partial charge in [0.15, 0.2) is 0 Å². The fourth-order valence-electron chi connectivity index (χ4n) is 5.70. The monoisotopic (exact) mass is 387 g/mol. The topological polar surface area (TPSA) is 73.8 Å². The van der Waals surface area contributed by atoms with Crippen LogP contribution in [0.25, 0.3) is 0 Å². The third-order valence-corrected chi connectivity index (χ3v) is 7.15. The molecule has 1 aromatic heterocycles. The van der Waals surface area contributed by atoms with Crippen LogP contribution in [0.4, 0.5) is 5.82 Å². The lowest BCUT2D eigenvalue weighted by atomic mass is 9.94. The van der Waals surface area contributed by atoms with Gasteiger partial charge in [-0.1, -0.05) is 0 Å². The quantitative estimate of drug-likeness (QED) is 0.811. The highest BCUT2D eigenvalue weighted by atomic mass is 16.5. The summed E-state index contributed by atoms with van der Waals surface area (Å²) in [5.41, 5.74) is 1.83. The molecule has 0 aromatic carbocycles. The zero-order chi connectivity index (χ0) is 19.2. The number of fused-ring (bicyclic) bond motifs is 2. The summed E-state index contributed by atoms with van der Waals surface area (Å²) in [6, 6.07) is 0.510. The number of aliphatic hydroxyl groups is 1. The second kappa shape index (κ2) is 7.11. The van der Waals surface area contributed by atoms with E-state index in [9.17, 15) is 5.11 Å². The molecular weight excluding hydrogens is 354 g/mol. The predicted molar refractivity (Wildman–Crippen MR) is 108 cm³/mol. The van der Waals surface area contributed by atoms with Gasteiger partial charge in [0, 0.05) is 25.2 Å². The van der Waals surface area contributed by atoms with Crippen molar-refractivity contribution in [3.63, 3.8) is 0 Å². The molecular formula is C21H33N5O2. The van der Waals surface area contributed by atoms with Crippen molar-refractivity contribution >= 4 is 5.82 Å². The van der Waals surface area contributed by atoms with Crippen LogP contribution in [0.3, 0.4) is 0 Å². The molecule has 0 aliphatic carbocycles. The van der Waals surface area contributed by atoms with Crippen molar-refractivity contribution in [1.82, 2.24) is 20.2 Å². The average Bonchev–Trinajstić information content (AvgIpc) is 3.25. The molecule has 7 heteroatoms. The summed E-state index contributed by atoms with van der Waals surface area (Å²) in [6.07, 6.45) is 7.75. The van der Waals surface area contributed by atoms with Crippen LogP contribution in [0.2, 0.25) is 0 Å². The van der Waals surface area contributed by atoms with E-state index < -0.39 is 5.60 Å². The Kier molecular flexibility index (Phi) is 4.72. The predicted octanol–water partition coefficient (Wildman–Crippen LogP) is 1.48. The molecule has 0 unspecified atom stereocenters. The van der Waals surface area contributed by atoms with Gasteiger partial charge in [-0.3, -0.25) is 4.90 Å². The van der Waals surface area contributed by atoms with Crippen LogP contribution < -0.4 is 15.0 Å². The Balaban J connectivity index is 1.41. The van der Waals surface area contributed by atoms with Gasteiger partial charge in [-0.25, -0.2) is 0 Å². The first kappa shape index (κ1) is 18.6. The summed E-state index contributed by atoms with van der Waals surface area (Å²) >= 11 is 0. The van der Waals surface area contributed by atoms with Crippen LogP contribution in [-0.2, 0) is 13.0 Å². The summed E-state index contributed by atoms with van der Waals surface area (Å²) in [5, 5.41) is 14.0. The highest BCUT2D eigenvalue weighted by Gasteiger charge is 2.45. The van der Waals surface area contributed by atoms with Crippen molar-refractivity contribution in [3.05, 3.63) is 11.3 Å². The average molecular weight is 388 g/mol. The lowest BCUT2D eigenvalue weighted by Crippen LogP contribution is -2.47. The molecule has 3 fully saturated rings. The van der Waals surface area contributed by atoms with E-state index in [4.69, 9.17) is 14.7 Å². The molecule has 0 radical (unpaired) electrons. The number of piperidine rings is 1. The minimum Gasteiger partial charge on any atom is -0.461 e. The van der Waals surface area contributed by atoms with Crippen LogP contribution in [0.15, 0.2) is 0 Å². The Bertz CT molecular complexity index is 728. The first-order valence-corrected chi connectivity index (χ1v) is 11.0. The zero-order valence-corrected chi connectivity index (χ0v) is 17.0. The maximum absolute atomic E-state index is 10.6. The molecule has 3 saturated heterocycles. The summed E-state index contributed by atoms with van der Waals surface area (Å²) in [6.45, 7) is 8.30. The number of hydrogen-bond donors (Lipinski definition) is 2. The second-order valence-corrected chi connectivity index (χ2v) is 9.41. The maximum Gasteiger partial charge on any atom is 0.318 e. The number of ether oxygens (including phenoxy) is 1. The summed E-state index contributed by atoms with van der Waals surface area (Å²) in [5.74, 6) is 0.980. The molecule has 7 nitrogen and oxygen atoms in total. The largest absolute Gasteiger partial charge is 0.461 e. The molecule has 0 amide bonds. The van der Waals surface area contributed by atoms with E-state index in [1.165, 1.54) is 44.3 Å². The third kappa shape index (κ3) is 3.37. The van der Waals surface area contributed by atoms with Gasteiger partial charge in [0.1, 0.15) is 12.4 Å². The highest BCUT2D eigenvalue weighted by molar-refractivity contribution is 5.52. The molecule has 4 aliphatic rings. The fourth-order valence-corrected chi connectivity index (χ4v) is 5.70. The van der Waals surface area contributed by atoms with Gasteiger partial charge in [-0.2, -0.15) is 9.97 Å². The van der Waals surface area contributed by atoms with Gasteiger partial charge < -0.3 is 20.1 Å². The smallest absolute Gasteiger partial charge is 0.318 e. The van der Waals surface area contributed by atoms with Gasteiger partial charge in [-0.15, -0.1) is 0 Å². The Morgan fingerprint density at radius 1 is 1.11 bits per heavy atom. The standard InChI is InChI=1S/C21H33N5O2/c1-20(27)6-2-10-25(14-20)18-16-5-9-22-13-17(16)23-19(24-18)28-15-21-7-3-11-26(21)12-4-8-21/h22,27H,2-15H2,1H3/t20-/m1/s1. The number of hydrogen-bond acceptors (Lipinski definition) is 7. The molecule has 5 rings (SSSR count). The highest BCUT2D eigenvalue weighted by Crippen LogP contribution is 2.39. The summed E-state index contributed by atoms with van der Waals surface area (Å²) in [4.78, 5) is 14.5. The molecule has 4 aliphatic heterocycles. The number of β-amino-alcohol motifs (C(OH)–C–C–N with tert-alkyl or cyclic N) is 1.